The van der Waals surface area contributed by atoms with E-state index in [2.05, 4.69) is 4.74 Å². The molecule has 0 atom stereocenters. The maximum atomic E-state index is 11.9. The number of hydrogen-bond donors (Lipinski definition) is 0. The molecular weight excluding hydrogens is 206 g/mol. The van der Waals surface area contributed by atoms with Gasteiger partial charge in [0, 0.05) is 11.1 Å². The summed E-state index contributed by atoms with van der Waals surface area (Å²) in [5.41, 5.74) is 0.229. The molecular formula is C10H8F2O3. The summed E-state index contributed by atoms with van der Waals surface area (Å²) in [6.45, 7) is -1.71. The van der Waals surface area contributed by atoms with Crippen LogP contribution in [-0.2, 0) is 0 Å². The van der Waals surface area contributed by atoms with Gasteiger partial charge in [-0.3, -0.25) is 9.59 Å². The second kappa shape index (κ2) is 4.63. The van der Waals surface area contributed by atoms with Crippen LogP contribution in [0.2, 0.25) is 0 Å². The molecule has 0 radical (unpaired) electrons. The summed E-state index contributed by atoms with van der Waals surface area (Å²) in [6, 6.07) is 3.60. The van der Waals surface area contributed by atoms with Gasteiger partial charge >= 0.3 is 6.61 Å². The average molecular weight is 214 g/mol. The van der Waals surface area contributed by atoms with Gasteiger partial charge in [0.1, 0.15) is 5.75 Å². The molecule has 0 unspecified atom stereocenters. The third-order valence-electron chi connectivity index (χ3n) is 1.76. The second-order valence-electron chi connectivity index (χ2n) is 2.80. The zero-order chi connectivity index (χ0) is 11.4. The van der Waals surface area contributed by atoms with E-state index in [1.165, 1.54) is 19.1 Å². The van der Waals surface area contributed by atoms with Crippen molar-refractivity contribution in [2.45, 2.75) is 13.5 Å². The summed E-state index contributed by atoms with van der Waals surface area (Å²) >= 11 is 0. The topological polar surface area (TPSA) is 43.4 Å². The van der Waals surface area contributed by atoms with Crippen molar-refractivity contribution < 1.29 is 23.1 Å². The van der Waals surface area contributed by atoms with E-state index in [9.17, 15) is 18.4 Å². The lowest BCUT2D eigenvalue weighted by Gasteiger charge is -2.06. The van der Waals surface area contributed by atoms with Crippen LogP contribution in [0.3, 0.4) is 0 Å². The van der Waals surface area contributed by atoms with Crippen molar-refractivity contribution in [2.24, 2.45) is 0 Å². The number of rotatable bonds is 4. The maximum absolute atomic E-state index is 11.9. The number of halogens is 2. The van der Waals surface area contributed by atoms with Crippen molar-refractivity contribution in [3.63, 3.8) is 0 Å². The smallest absolute Gasteiger partial charge is 0.387 e. The molecule has 15 heavy (non-hydrogen) atoms. The van der Waals surface area contributed by atoms with Crippen LogP contribution in [0.1, 0.15) is 27.6 Å². The number of benzene rings is 1. The highest BCUT2D eigenvalue weighted by molar-refractivity contribution is 6.01. The number of carbonyl (C=O) groups is 2. The van der Waals surface area contributed by atoms with Gasteiger partial charge in [-0.25, -0.2) is 0 Å². The van der Waals surface area contributed by atoms with E-state index < -0.39 is 6.61 Å². The first-order chi connectivity index (χ1) is 7.04. The molecule has 0 saturated heterocycles. The maximum Gasteiger partial charge on any atom is 0.387 e. The van der Waals surface area contributed by atoms with E-state index in [1.807, 2.05) is 0 Å². The van der Waals surface area contributed by atoms with Gasteiger partial charge in [0.15, 0.2) is 12.1 Å². The van der Waals surface area contributed by atoms with Crippen molar-refractivity contribution in [2.75, 3.05) is 0 Å². The van der Waals surface area contributed by atoms with Gasteiger partial charge in [-0.15, -0.1) is 0 Å². The van der Waals surface area contributed by atoms with Crippen molar-refractivity contribution in [3.05, 3.63) is 29.3 Å². The number of hydrogen-bond acceptors (Lipinski definition) is 3. The van der Waals surface area contributed by atoms with Gasteiger partial charge in [-0.1, -0.05) is 0 Å². The molecule has 0 aliphatic heterocycles. The molecule has 0 saturated carbocycles. The first kappa shape index (κ1) is 11.3. The van der Waals surface area contributed by atoms with Gasteiger partial charge in [-0.2, -0.15) is 8.78 Å². The van der Waals surface area contributed by atoms with E-state index >= 15 is 0 Å². The monoisotopic (exact) mass is 214 g/mol. The van der Waals surface area contributed by atoms with E-state index in [-0.39, 0.29) is 22.7 Å². The Labute approximate surface area is 84.7 Å². The largest absolute Gasteiger partial charge is 0.435 e. The highest BCUT2D eigenvalue weighted by Crippen LogP contribution is 2.19. The molecule has 0 heterocycles. The summed E-state index contributed by atoms with van der Waals surface area (Å²) in [6.07, 6.45) is 0.489. The fraction of sp³-hybridized carbons (Fsp3) is 0.200. The van der Waals surface area contributed by atoms with Gasteiger partial charge < -0.3 is 4.74 Å². The molecule has 80 valence electrons. The van der Waals surface area contributed by atoms with E-state index in [0.717, 1.165) is 6.07 Å². The fourth-order valence-corrected chi connectivity index (χ4v) is 1.12. The summed E-state index contributed by atoms with van der Waals surface area (Å²) in [7, 11) is 0. The number of ketones is 1. The lowest BCUT2D eigenvalue weighted by molar-refractivity contribution is -0.0498. The Bertz CT molecular complexity index is 388. The molecule has 5 heteroatoms. The Morgan fingerprint density at radius 1 is 1.47 bits per heavy atom. The van der Waals surface area contributed by atoms with Crippen LogP contribution in [0.25, 0.3) is 0 Å². The minimum Gasteiger partial charge on any atom is -0.435 e. The standard InChI is InChI=1S/C10H8F2O3/c1-6(14)9-4-8(15-10(11)12)3-2-7(9)5-13/h2-5,10H,1H3. The Kier molecular flexibility index (Phi) is 3.49. The summed E-state index contributed by atoms with van der Waals surface area (Å²) in [5.74, 6) is -0.516. The second-order valence-corrected chi connectivity index (χ2v) is 2.80. The molecule has 1 aromatic carbocycles. The third-order valence-corrected chi connectivity index (χ3v) is 1.76. The SMILES string of the molecule is CC(=O)c1cc(OC(F)F)ccc1C=O. The highest BCUT2D eigenvalue weighted by Gasteiger charge is 2.10. The third kappa shape index (κ3) is 2.83. The van der Waals surface area contributed by atoms with E-state index in [4.69, 9.17) is 0 Å². The van der Waals surface area contributed by atoms with Gasteiger partial charge in [0.2, 0.25) is 0 Å². The Hall–Kier alpha value is -1.78. The minimum absolute atomic E-state index is 0.0724. The van der Waals surface area contributed by atoms with Crippen molar-refractivity contribution in [1.29, 1.82) is 0 Å². The van der Waals surface area contributed by atoms with Crippen molar-refractivity contribution >= 4 is 12.1 Å². The first-order valence-electron chi connectivity index (χ1n) is 4.09. The zero-order valence-corrected chi connectivity index (χ0v) is 7.87. The van der Waals surface area contributed by atoms with Gasteiger partial charge in [0.05, 0.1) is 0 Å². The molecule has 0 aliphatic rings. The molecule has 0 N–H and O–H groups in total. The van der Waals surface area contributed by atoms with Crippen LogP contribution in [0.5, 0.6) is 5.75 Å². The fourth-order valence-electron chi connectivity index (χ4n) is 1.12. The molecule has 0 spiro atoms. The minimum atomic E-state index is -2.95. The molecule has 0 amide bonds. The van der Waals surface area contributed by atoms with E-state index in [0.29, 0.717) is 6.29 Å². The number of aldehydes is 1. The highest BCUT2D eigenvalue weighted by atomic mass is 19.3. The normalized spacial score (nSPS) is 10.1. The van der Waals surface area contributed by atoms with E-state index in [1.54, 1.807) is 0 Å². The predicted molar refractivity (Wildman–Crippen MR) is 48.5 cm³/mol. The summed E-state index contributed by atoms with van der Waals surface area (Å²) in [5, 5.41) is 0. The van der Waals surface area contributed by atoms with Gasteiger partial charge in [0.25, 0.3) is 0 Å². The average Bonchev–Trinajstić information content (AvgIpc) is 2.16. The van der Waals surface area contributed by atoms with Gasteiger partial charge in [-0.05, 0) is 25.1 Å². The molecule has 0 bridgehead atoms. The van der Waals surface area contributed by atoms with Crippen LogP contribution in [0, 0.1) is 0 Å². The lowest BCUT2D eigenvalue weighted by atomic mass is 10.1. The Morgan fingerprint density at radius 2 is 2.13 bits per heavy atom. The molecule has 3 nitrogen and oxygen atoms in total. The van der Waals surface area contributed by atoms with Crippen LogP contribution >= 0.6 is 0 Å². The molecule has 1 rings (SSSR count). The van der Waals surface area contributed by atoms with Crippen LogP contribution in [0.4, 0.5) is 8.78 Å². The molecule has 0 fully saturated rings. The number of ether oxygens (including phenoxy) is 1. The molecule has 0 aliphatic carbocycles. The summed E-state index contributed by atoms with van der Waals surface area (Å²) < 4.78 is 27.8. The van der Waals surface area contributed by atoms with Crippen LogP contribution in [-0.4, -0.2) is 18.7 Å². The van der Waals surface area contributed by atoms with Crippen LogP contribution in [0.15, 0.2) is 18.2 Å². The first-order valence-corrected chi connectivity index (χ1v) is 4.09. The van der Waals surface area contributed by atoms with Crippen molar-refractivity contribution in [1.82, 2.24) is 0 Å². The quantitative estimate of drug-likeness (QED) is 0.570. The summed E-state index contributed by atoms with van der Waals surface area (Å²) in [4.78, 5) is 21.6. The predicted octanol–water partition coefficient (Wildman–Crippen LogP) is 2.30. The number of carbonyl (C=O) groups excluding carboxylic acids is 2. The molecule has 1 aromatic rings. The van der Waals surface area contributed by atoms with Crippen LogP contribution < -0.4 is 4.74 Å². The Balaban J connectivity index is 3.10. The molecule has 0 aromatic heterocycles. The lowest BCUT2D eigenvalue weighted by Crippen LogP contribution is -2.04. The number of Topliss-reactive ketones (excluding diaryl/α,β-unsaturated/α-hetero) is 1. The number of alkyl halides is 2. The zero-order valence-electron chi connectivity index (χ0n) is 7.87. The van der Waals surface area contributed by atoms with Crippen molar-refractivity contribution in [3.8, 4) is 5.75 Å². The Morgan fingerprint density at radius 3 is 2.60 bits per heavy atom.